The van der Waals surface area contributed by atoms with Crippen molar-refractivity contribution in [2.24, 2.45) is 0 Å². The van der Waals surface area contributed by atoms with Crippen LogP contribution in [0.15, 0.2) is 10.9 Å². The van der Waals surface area contributed by atoms with Crippen LogP contribution in [0.1, 0.15) is 40.9 Å². The maximum absolute atomic E-state index is 12.5. The van der Waals surface area contributed by atoms with E-state index in [0.29, 0.717) is 24.7 Å². The van der Waals surface area contributed by atoms with E-state index in [1.165, 1.54) is 24.2 Å². The molecule has 1 saturated heterocycles. The number of thiazole rings is 1. The van der Waals surface area contributed by atoms with Crippen LogP contribution in [-0.2, 0) is 13.0 Å². The van der Waals surface area contributed by atoms with Gasteiger partial charge in [0.05, 0.1) is 5.51 Å². The van der Waals surface area contributed by atoms with Gasteiger partial charge in [-0.2, -0.15) is 0 Å². The third kappa shape index (κ3) is 2.95. The van der Waals surface area contributed by atoms with Crippen LogP contribution in [-0.4, -0.2) is 68.7 Å². The van der Waals surface area contributed by atoms with Crippen LogP contribution in [0.2, 0.25) is 0 Å². The van der Waals surface area contributed by atoms with Crippen molar-refractivity contribution in [3.63, 3.8) is 0 Å². The highest BCUT2D eigenvalue weighted by Crippen LogP contribution is 2.26. The van der Waals surface area contributed by atoms with Gasteiger partial charge in [0.2, 0.25) is 0 Å². The Kier molecular flexibility index (Phi) is 4.32. The second-order valence-electron chi connectivity index (χ2n) is 6.64. The van der Waals surface area contributed by atoms with Crippen LogP contribution in [0.25, 0.3) is 0 Å². The zero-order valence-corrected chi connectivity index (χ0v) is 14.7. The van der Waals surface area contributed by atoms with Crippen LogP contribution in [0.4, 0.5) is 0 Å². The number of hydrogen-bond acceptors (Lipinski definition) is 6. The van der Waals surface area contributed by atoms with Gasteiger partial charge in [0.1, 0.15) is 17.3 Å². The van der Waals surface area contributed by atoms with Crippen LogP contribution in [0.3, 0.4) is 0 Å². The van der Waals surface area contributed by atoms with Gasteiger partial charge in [-0.1, -0.05) is 0 Å². The fraction of sp³-hybridized carbons (Fsp3) is 0.625. The summed E-state index contributed by atoms with van der Waals surface area (Å²) in [5, 5.41) is 10.7. The molecule has 2 aliphatic rings. The molecule has 1 atom stereocenters. The van der Waals surface area contributed by atoms with Gasteiger partial charge in [-0.25, -0.2) is 4.98 Å². The summed E-state index contributed by atoms with van der Waals surface area (Å²) in [5.74, 6) is 2.58. The van der Waals surface area contributed by atoms with Crippen LogP contribution >= 0.6 is 11.3 Å². The van der Waals surface area contributed by atoms with Gasteiger partial charge in [-0.3, -0.25) is 4.79 Å². The zero-order valence-electron chi connectivity index (χ0n) is 13.9. The molecule has 0 bridgehead atoms. The summed E-state index contributed by atoms with van der Waals surface area (Å²) in [6.45, 7) is 4.34. The number of amides is 1. The Labute approximate surface area is 145 Å². The minimum Gasteiger partial charge on any atom is -0.335 e. The lowest BCUT2D eigenvalue weighted by Gasteiger charge is -2.29. The Morgan fingerprint density at radius 2 is 2.17 bits per heavy atom. The summed E-state index contributed by atoms with van der Waals surface area (Å²) in [6.07, 6.45) is 3.13. The van der Waals surface area contributed by atoms with E-state index in [4.69, 9.17) is 0 Å². The van der Waals surface area contributed by atoms with E-state index < -0.39 is 0 Å². The lowest BCUT2D eigenvalue weighted by Crippen LogP contribution is -2.34. The Bertz CT molecular complexity index is 712. The summed E-state index contributed by atoms with van der Waals surface area (Å²) in [7, 11) is 2.17. The Morgan fingerprint density at radius 3 is 2.96 bits per heavy atom. The molecule has 1 fully saturated rings. The number of likely N-dealkylation sites (tertiary alicyclic amines) is 1. The maximum Gasteiger partial charge on any atom is 0.273 e. The molecule has 2 aromatic rings. The third-order valence-corrected chi connectivity index (χ3v) is 5.57. The second-order valence-corrected chi connectivity index (χ2v) is 7.36. The Hall–Kier alpha value is -1.80. The number of hydrogen-bond donors (Lipinski definition) is 0. The highest BCUT2D eigenvalue weighted by molar-refractivity contribution is 7.07. The predicted molar refractivity (Wildman–Crippen MR) is 91.2 cm³/mol. The first-order chi connectivity index (χ1) is 11.7. The first-order valence-corrected chi connectivity index (χ1v) is 9.44. The number of likely N-dealkylation sites (N-methyl/N-ethyl adjacent to an activating group) is 1. The summed E-state index contributed by atoms with van der Waals surface area (Å²) in [5.41, 5.74) is 2.25. The number of nitrogens with zero attached hydrogens (tertiary/aromatic N) is 6. The quantitative estimate of drug-likeness (QED) is 0.818. The molecule has 24 heavy (non-hydrogen) atoms. The van der Waals surface area contributed by atoms with Gasteiger partial charge in [-0.05, 0) is 26.4 Å². The molecule has 0 spiro atoms. The molecule has 4 rings (SSSR count). The molecule has 128 valence electrons. The van der Waals surface area contributed by atoms with E-state index in [-0.39, 0.29) is 5.91 Å². The molecule has 7 nitrogen and oxygen atoms in total. The molecule has 8 heteroatoms. The van der Waals surface area contributed by atoms with Gasteiger partial charge in [0, 0.05) is 43.9 Å². The minimum absolute atomic E-state index is 0.0221. The minimum atomic E-state index is 0.0221. The average molecular weight is 346 g/mol. The summed E-state index contributed by atoms with van der Waals surface area (Å²) < 4.78 is 2.25. The lowest BCUT2D eigenvalue weighted by molar-refractivity contribution is 0.0753. The molecule has 2 aliphatic heterocycles. The predicted octanol–water partition coefficient (Wildman–Crippen LogP) is 1.24. The Morgan fingerprint density at radius 1 is 1.25 bits per heavy atom. The van der Waals surface area contributed by atoms with Crippen molar-refractivity contribution in [2.75, 3.05) is 33.2 Å². The second kappa shape index (κ2) is 6.60. The molecular weight excluding hydrogens is 324 g/mol. The topological polar surface area (TPSA) is 67.2 Å². The fourth-order valence-corrected chi connectivity index (χ4v) is 4.23. The largest absolute Gasteiger partial charge is 0.335 e. The third-order valence-electron chi connectivity index (χ3n) is 4.98. The standard InChI is InChI=1S/C16H22N6OS/c1-20-5-2-3-12(9-20)15-19-18-14-4-6-21(7-8-22(14)15)16(23)13-10-24-11-17-13/h10-12H,2-9H2,1H3/t12-/m0/s1. The molecule has 0 aromatic carbocycles. The van der Waals surface area contributed by atoms with E-state index in [1.54, 1.807) is 5.51 Å². The number of carbonyl (C=O) groups is 1. The first-order valence-electron chi connectivity index (χ1n) is 8.50. The number of carbonyl (C=O) groups excluding carboxylic acids is 1. The highest BCUT2D eigenvalue weighted by Gasteiger charge is 2.28. The van der Waals surface area contributed by atoms with E-state index in [9.17, 15) is 4.79 Å². The maximum atomic E-state index is 12.5. The number of aromatic nitrogens is 4. The van der Waals surface area contributed by atoms with Gasteiger partial charge >= 0.3 is 0 Å². The van der Waals surface area contributed by atoms with Crippen molar-refractivity contribution >= 4 is 17.2 Å². The van der Waals surface area contributed by atoms with Crippen molar-refractivity contribution < 1.29 is 4.79 Å². The van der Waals surface area contributed by atoms with Gasteiger partial charge in [0.25, 0.3) is 5.91 Å². The molecule has 0 N–H and O–H groups in total. The molecule has 0 aliphatic carbocycles. The van der Waals surface area contributed by atoms with Crippen LogP contribution in [0.5, 0.6) is 0 Å². The lowest BCUT2D eigenvalue weighted by atomic mass is 9.97. The molecular formula is C16H22N6OS. The Balaban J connectivity index is 1.50. The van der Waals surface area contributed by atoms with Gasteiger partial charge in [0.15, 0.2) is 0 Å². The van der Waals surface area contributed by atoms with Crippen molar-refractivity contribution in [1.82, 2.24) is 29.5 Å². The van der Waals surface area contributed by atoms with Crippen molar-refractivity contribution in [3.8, 4) is 0 Å². The van der Waals surface area contributed by atoms with E-state index >= 15 is 0 Å². The van der Waals surface area contributed by atoms with E-state index in [2.05, 4.69) is 31.7 Å². The monoisotopic (exact) mass is 346 g/mol. The van der Waals surface area contributed by atoms with E-state index in [1.807, 2.05) is 10.3 Å². The molecule has 0 radical (unpaired) electrons. The zero-order chi connectivity index (χ0) is 16.5. The van der Waals surface area contributed by atoms with Crippen LogP contribution < -0.4 is 0 Å². The van der Waals surface area contributed by atoms with Crippen molar-refractivity contribution in [3.05, 3.63) is 28.2 Å². The number of piperidine rings is 1. The van der Waals surface area contributed by atoms with Crippen LogP contribution in [0, 0.1) is 0 Å². The van der Waals surface area contributed by atoms with E-state index in [0.717, 1.165) is 37.7 Å². The number of fused-ring (bicyclic) bond motifs is 1. The smallest absolute Gasteiger partial charge is 0.273 e. The van der Waals surface area contributed by atoms with Crippen molar-refractivity contribution in [2.45, 2.75) is 31.7 Å². The normalized spacial score (nSPS) is 22.2. The molecule has 1 amide bonds. The number of rotatable bonds is 2. The summed E-state index contributed by atoms with van der Waals surface area (Å²) >= 11 is 1.46. The fourth-order valence-electron chi connectivity index (χ4n) is 3.71. The summed E-state index contributed by atoms with van der Waals surface area (Å²) in [6, 6.07) is 0. The van der Waals surface area contributed by atoms with Gasteiger partial charge in [-0.15, -0.1) is 21.5 Å². The molecule has 0 saturated carbocycles. The highest BCUT2D eigenvalue weighted by atomic mass is 32.1. The molecule has 4 heterocycles. The molecule has 0 unspecified atom stereocenters. The van der Waals surface area contributed by atoms with Gasteiger partial charge < -0.3 is 14.4 Å². The molecule has 2 aromatic heterocycles. The first kappa shape index (κ1) is 15.7. The summed E-state index contributed by atoms with van der Waals surface area (Å²) in [4.78, 5) is 20.9. The van der Waals surface area contributed by atoms with Crippen molar-refractivity contribution in [1.29, 1.82) is 0 Å². The SMILES string of the molecule is CN1CCC[C@H](c2nnc3n2CCN(C(=O)c2cscn2)CC3)C1. The average Bonchev–Trinajstić information content (AvgIpc) is 3.21.